The van der Waals surface area contributed by atoms with Gasteiger partial charge in [0.15, 0.2) is 0 Å². The van der Waals surface area contributed by atoms with Crippen molar-refractivity contribution in [2.75, 3.05) is 0 Å². The van der Waals surface area contributed by atoms with Gasteiger partial charge in [-0.05, 0) is 67.9 Å². The first kappa shape index (κ1) is 23.1. The zero-order valence-electron chi connectivity index (χ0n) is 17.4. The average molecular weight is 428 g/mol. The Balaban J connectivity index is 0.000000171. The summed E-state index contributed by atoms with van der Waals surface area (Å²) >= 11 is 0. The Labute approximate surface area is 175 Å². The highest BCUT2D eigenvalue weighted by Gasteiger charge is 2.61. The van der Waals surface area contributed by atoms with E-state index in [4.69, 9.17) is 10.8 Å². The van der Waals surface area contributed by atoms with E-state index < -0.39 is 24.2 Å². The van der Waals surface area contributed by atoms with E-state index in [1.165, 1.54) is 6.07 Å². The van der Waals surface area contributed by atoms with Crippen molar-refractivity contribution in [3.63, 3.8) is 0 Å². The lowest BCUT2D eigenvalue weighted by atomic mass is 9.49. The molecule has 4 aliphatic rings. The van der Waals surface area contributed by atoms with Crippen molar-refractivity contribution < 1.29 is 28.2 Å². The van der Waals surface area contributed by atoms with Crippen LogP contribution in [0, 0.1) is 23.7 Å². The number of nitrogens with two attached hydrogens (primary N) is 1. The molecule has 0 amide bonds. The Bertz CT molecular complexity index is 735. The van der Waals surface area contributed by atoms with Gasteiger partial charge in [-0.15, -0.1) is 0 Å². The summed E-state index contributed by atoms with van der Waals surface area (Å²) in [6, 6.07) is 6.60. The number of alkyl halides is 3. The van der Waals surface area contributed by atoms with Gasteiger partial charge in [-0.1, -0.05) is 38.0 Å². The summed E-state index contributed by atoms with van der Waals surface area (Å²) < 4.78 is 38.7. The number of carboxylic acid groups (broad SMARTS) is 1. The molecule has 168 valence electrons. The first-order chi connectivity index (χ1) is 14.0. The van der Waals surface area contributed by atoms with Crippen LogP contribution in [0.15, 0.2) is 24.3 Å². The lowest BCUT2D eigenvalue weighted by Crippen LogP contribution is -2.61. The Morgan fingerprint density at radius 3 is 2.30 bits per heavy atom. The summed E-state index contributed by atoms with van der Waals surface area (Å²) in [7, 11) is 0. The van der Waals surface area contributed by atoms with Crippen LogP contribution in [0.2, 0.25) is 0 Å². The number of rotatable bonds is 5. The van der Waals surface area contributed by atoms with Gasteiger partial charge >= 0.3 is 12.1 Å². The van der Waals surface area contributed by atoms with Crippen LogP contribution in [-0.2, 0) is 0 Å². The van der Waals surface area contributed by atoms with Crippen molar-refractivity contribution >= 4 is 5.97 Å². The van der Waals surface area contributed by atoms with Gasteiger partial charge in [0.2, 0.25) is 0 Å². The number of aromatic carboxylic acids is 1. The third-order valence-corrected chi connectivity index (χ3v) is 7.08. The standard InChI is InChI=1S/C12H16O3.C11H16F3N/c1-2-3-8-11(13)9-6-4-5-7-10(9)12(14)15;12-11(13,14)9-7-1-6-2-8(9)5-10(15,3-6)4-7/h4-7,11,13H,2-3,8H2,1H3,(H,14,15);6-9H,1-5,15H2. The van der Waals surface area contributed by atoms with Crippen LogP contribution in [0.25, 0.3) is 0 Å². The molecule has 5 rings (SSSR count). The average Bonchev–Trinajstić information content (AvgIpc) is 2.63. The molecule has 1 aromatic rings. The maximum atomic E-state index is 12.9. The number of carboxylic acids is 1. The third kappa shape index (κ3) is 4.99. The van der Waals surface area contributed by atoms with Crippen LogP contribution < -0.4 is 5.73 Å². The van der Waals surface area contributed by atoms with Crippen molar-refractivity contribution in [3.8, 4) is 0 Å². The van der Waals surface area contributed by atoms with Gasteiger partial charge in [0, 0.05) is 5.54 Å². The summed E-state index contributed by atoms with van der Waals surface area (Å²) in [6.07, 6.45) is 1.52. The highest BCUT2D eigenvalue weighted by Crippen LogP contribution is 2.60. The first-order valence-corrected chi connectivity index (χ1v) is 10.9. The number of aliphatic hydroxyl groups excluding tert-OH is 1. The molecule has 0 spiro atoms. The maximum absolute atomic E-state index is 12.9. The molecule has 0 radical (unpaired) electrons. The highest BCUT2D eigenvalue weighted by molar-refractivity contribution is 5.89. The van der Waals surface area contributed by atoms with Crippen LogP contribution in [0.5, 0.6) is 0 Å². The molecule has 4 aliphatic carbocycles. The summed E-state index contributed by atoms with van der Waals surface area (Å²) in [6.45, 7) is 2.04. The molecule has 0 heterocycles. The summed E-state index contributed by atoms with van der Waals surface area (Å²) in [5.74, 6) is -1.92. The van der Waals surface area contributed by atoms with E-state index in [1.807, 2.05) is 6.92 Å². The molecule has 4 bridgehead atoms. The number of hydrogen-bond acceptors (Lipinski definition) is 3. The van der Waals surface area contributed by atoms with Crippen LogP contribution in [0.3, 0.4) is 0 Å². The number of halogens is 3. The van der Waals surface area contributed by atoms with E-state index in [0.717, 1.165) is 32.1 Å². The second-order valence-corrected chi connectivity index (χ2v) is 9.45. The van der Waals surface area contributed by atoms with E-state index in [2.05, 4.69) is 0 Å². The molecule has 3 atom stereocenters. The Kier molecular flexibility index (Phi) is 6.82. The predicted molar refractivity (Wildman–Crippen MR) is 108 cm³/mol. The fourth-order valence-electron chi connectivity index (χ4n) is 6.16. The molecule has 4 fully saturated rings. The Hall–Kier alpha value is -1.60. The summed E-state index contributed by atoms with van der Waals surface area (Å²) in [5.41, 5.74) is 6.62. The fourth-order valence-corrected chi connectivity index (χ4v) is 6.16. The number of benzene rings is 1. The topological polar surface area (TPSA) is 83.5 Å². The van der Waals surface area contributed by atoms with E-state index in [-0.39, 0.29) is 22.9 Å². The lowest BCUT2D eigenvalue weighted by molar-refractivity contribution is -0.240. The minimum Gasteiger partial charge on any atom is -0.478 e. The zero-order chi connectivity index (χ0) is 22.1. The third-order valence-electron chi connectivity index (χ3n) is 7.08. The monoisotopic (exact) mass is 427 g/mol. The number of carbonyl (C=O) groups is 1. The minimum atomic E-state index is -4.00. The van der Waals surface area contributed by atoms with Gasteiger partial charge in [0.05, 0.1) is 17.6 Å². The van der Waals surface area contributed by atoms with Crippen LogP contribution in [0.4, 0.5) is 13.2 Å². The first-order valence-electron chi connectivity index (χ1n) is 10.9. The van der Waals surface area contributed by atoms with Crippen molar-refractivity contribution in [1.29, 1.82) is 0 Å². The Morgan fingerprint density at radius 2 is 1.80 bits per heavy atom. The van der Waals surface area contributed by atoms with E-state index in [1.54, 1.807) is 18.2 Å². The molecule has 4 saturated carbocycles. The SMILES string of the molecule is CCCCC(O)c1ccccc1C(=O)O.NC12CC3CC(C1)C(C(F)(F)F)C(C3)C2. The van der Waals surface area contributed by atoms with Crippen LogP contribution >= 0.6 is 0 Å². The quantitative estimate of drug-likeness (QED) is 0.595. The second kappa shape index (κ2) is 8.87. The van der Waals surface area contributed by atoms with Crippen LogP contribution in [-0.4, -0.2) is 27.9 Å². The highest BCUT2D eigenvalue weighted by atomic mass is 19.4. The lowest BCUT2D eigenvalue weighted by Gasteiger charge is -2.58. The van der Waals surface area contributed by atoms with Gasteiger partial charge in [-0.25, -0.2) is 4.79 Å². The minimum absolute atomic E-state index is 0.179. The van der Waals surface area contributed by atoms with Gasteiger partial charge in [0.1, 0.15) is 0 Å². The Morgan fingerprint density at radius 1 is 1.20 bits per heavy atom. The molecule has 1 aromatic carbocycles. The zero-order valence-corrected chi connectivity index (χ0v) is 17.4. The molecule has 30 heavy (non-hydrogen) atoms. The van der Waals surface area contributed by atoms with Gasteiger partial charge in [0.25, 0.3) is 0 Å². The van der Waals surface area contributed by atoms with Gasteiger partial charge in [-0.3, -0.25) is 0 Å². The number of aliphatic hydroxyl groups is 1. The van der Waals surface area contributed by atoms with Gasteiger partial charge < -0.3 is 15.9 Å². The summed E-state index contributed by atoms with van der Waals surface area (Å²) in [5, 5.41) is 18.7. The number of hydrogen-bond donors (Lipinski definition) is 3. The van der Waals surface area contributed by atoms with Crippen molar-refractivity contribution in [2.45, 2.75) is 76.1 Å². The van der Waals surface area contributed by atoms with Crippen LogP contribution in [0.1, 0.15) is 80.3 Å². The second-order valence-electron chi connectivity index (χ2n) is 9.45. The van der Waals surface area contributed by atoms with Crippen molar-refractivity contribution in [1.82, 2.24) is 0 Å². The number of unbranched alkanes of at least 4 members (excludes halogenated alkanes) is 1. The fraction of sp³-hybridized carbons (Fsp3) is 0.696. The molecule has 0 aromatic heterocycles. The van der Waals surface area contributed by atoms with E-state index in [9.17, 15) is 23.1 Å². The normalized spacial score (nSPS) is 33.0. The summed E-state index contributed by atoms with van der Waals surface area (Å²) in [4.78, 5) is 10.9. The molecule has 0 saturated heterocycles. The molecule has 0 aliphatic heterocycles. The smallest absolute Gasteiger partial charge is 0.392 e. The molecular formula is C23H32F3NO3. The largest absolute Gasteiger partial charge is 0.478 e. The van der Waals surface area contributed by atoms with Gasteiger partial charge in [-0.2, -0.15) is 13.2 Å². The maximum Gasteiger partial charge on any atom is 0.392 e. The molecule has 4 nitrogen and oxygen atoms in total. The molecule has 4 N–H and O–H groups in total. The predicted octanol–water partition coefficient (Wildman–Crippen LogP) is 5.31. The van der Waals surface area contributed by atoms with E-state index >= 15 is 0 Å². The molecule has 7 heteroatoms. The molecular weight excluding hydrogens is 395 g/mol. The van der Waals surface area contributed by atoms with E-state index in [0.29, 0.717) is 30.7 Å². The molecule has 3 unspecified atom stereocenters. The van der Waals surface area contributed by atoms with Crippen molar-refractivity contribution in [3.05, 3.63) is 35.4 Å². The van der Waals surface area contributed by atoms with Crippen molar-refractivity contribution in [2.24, 2.45) is 29.4 Å².